The molecule has 0 saturated carbocycles. The monoisotopic (exact) mass is 368 g/mol. The number of ether oxygens (including phenoxy) is 2. The fourth-order valence-corrected chi connectivity index (χ4v) is 3.17. The first kappa shape index (κ1) is 18.8. The Labute approximate surface area is 159 Å². The van der Waals surface area contributed by atoms with Crippen molar-refractivity contribution < 1.29 is 19.1 Å². The topological polar surface area (TPSA) is 67.9 Å². The number of carbonyl (C=O) groups is 2. The average molecular weight is 368 g/mol. The van der Waals surface area contributed by atoms with Gasteiger partial charge in [0, 0.05) is 26.1 Å². The highest BCUT2D eigenvalue weighted by atomic mass is 16.5. The fourth-order valence-electron chi connectivity index (χ4n) is 3.17. The Morgan fingerprint density at radius 1 is 1.07 bits per heavy atom. The highest BCUT2D eigenvalue weighted by Gasteiger charge is 2.34. The van der Waals surface area contributed by atoms with Gasteiger partial charge in [0.25, 0.3) is 0 Å². The van der Waals surface area contributed by atoms with Crippen LogP contribution < -0.4 is 14.8 Å². The van der Waals surface area contributed by atoms with Gasteiger partial charge in [0.1, 0.15) is 11.5 Å². The minimum absolute atomic E-state index is 0.00680. The Hall–Kier alpha value is -3.02. The predicted molar refractivity (Wildman–Crippen MR) is 101 cm³/mol. The molecule has 27 heavy (non-hydrogen) atoms. The third-order valence-electron chi connectivity index (χ3n) is 4.72. The molecule has 0 bridgehead atoms. The van der Waals surface area contributed by atoms with E-state index in [4.69, 9.17) is 9.47 Å². The molecule has 2 aromatic rings. The average Bonchev–Trinajstić information content (AvgIpc) is 3.07. The zero-order valence-electron chi connectivity index (χ0n) is 15.6. The van der Waals surface area contributed by atoms with Gasteiger partial charge in [0.15, 0.2) is 0 Å². The summed E-state index contributed by atoms with van der Waals surface area (Å²) in [5.74, 6) is 1.13. The minimum Gasteiger partial charge on any atom is -0.497 e. The lowest BCUT2D eigenvalue weighted by Crippen LogP contribution is -2.32. The van der Waals surface area contributed by atoms with E-state index in [1.807, 2.05) is 48.5 Å². The zero-order valence-corrected chi connectivity index (χ0v) is 15.6. The summed E-state index contributed by atoms with van der Waals surface area (Å²) in [6.45, 7) is 1.36. The number of amides is 2. The number of likely N-dealkylation sites (tertiary alicyclic amines) is 1. The van der Waals surface area contributed by atoms with E-state index in [9.17, 15) is 9.59 Å². The van der Waals surface area contributed by atoms with E-state index < -0.39 is 0 Å². The van der Waals surface area contributed by atoms with Crippen LogP contribution in [0.3, 0.4) is 0 Å². The summed E-state index contributed by atoms with van der Waals surface area (Å²) in [6.07, 6.45) is 0.250. The normalized spacial score (nSPS) is 16.3. The zero-order chi connectivity index (χ0) is 19.2. The number of carbonyl (C=O) groups excluding carboxylic acids is 2. The lowest BCUT2D eigenvalue weighted by Gasteiger charge is -2.17. The molecule has 2 aromatic carbocycles. The number of nitrogens with zero attached hydrogens (tertiary/aromatic N) is 1. The van der Waals surface area contributed by atoms with Gasteiger partial charge in [0.05, 0.1) is 20.1 Å². The van der Waals surface area contributed by atoms with E-state index in [1.54, 1.807) is 19.1 Å². The second kappa shape index (κ2) is 8.58. The molecule has 3 rings (SSSR count). The molecule has 1 saturated heterocycles. The Balaban J connectivity index is 1.53. The minimum atomic E-state index is -0.318. The number of rotatable bonds is 7. The second-order valence-corrected chi connectivity index (χ2v) is 6.59. The Bertz CT molecular complexity index is 804. The Morgan fingerprint density at radius 2 is 1.81 bits per heavy atom. The maximum atomic E-state index is 12.5. The van der Waals surface area contributed by atoms with E-state index in [0.29, 0.717) is 19.6 Å². The lowest BCUT2D eigenvalue weighted by molar-refractivity contribution is -0.129. The first-order chi connectivity index (χ1) is 13.1. The highest BCUT2D eigenvalue weighted by Crippen LogP contribution is 2.22. The van der Waals surface area contributed by atoms with Crippen molar-refractivity contribution in [2.45, 2.75) is 19.5 Å². The Morgan fingerprint density at radius 3 is 2.52 bits per heavy atom. The third-order valence-corrected chi connectivity index (χ3v) is 4.72. The van der Waals surface area contributed by atoms with Gasteiger partial charge in [-0.15, -0.1) is 0 Å². The van der Waals surface area contributed by atoms with E-state index in [0.717, 1.165) is 22.6 Å². The van der Waals surface area contributed by atoms with Crippen molar-refractivity contribution in [1.82, 2.24) is 10.2 Å². The highest BCUT2D eigenvalue weighted by molar-refractivity contribution is 5.89. The van der Waals surface area contributed by atoms with Gasteiger partial charge in [-0.1, -0.05) is 24.3 Å². The van der Waals surface area contributed by atoms with E-state index in [-0.39, 0.29) is 24.2 Å². The Kier molecular flexibility index (Phi) is 5.96. The molecular weight excluding hydrogens is 344 g/mol. The molecule has 142 valence electrons. The van der Waals surface area contributed by atoms with E-state index in [2.05, 4.69) is 5.32 Å². The van der Waals surface area contributed by atoms with Crippen molar-refractivity contribution in [3.8, 4) is 11.5 Å². The van der Waals surface area contributed by atoms with Gasteiger partial charge in [-0.05, 0) is 35.4 Å². The smallest absolute Gasteiger partial charge is 0.225 e. The maximum Gasteiger partial charge on any atom is 0.225 e. The van der Waals surface area contributed by atoms with Gasteiger partial charge < -0.3 is 19.7 Å². The molecule has 1 atom stereocenters. The summed E-state index contributed by atoms with van der Waals surface area (Å²) in [7, 11) is 3.23. The molecule has 6 heteroatoms. The molecule has 0 spiro atoms. The van der Waals surface area contributed by atoms with Crippen molar-refractivity contribution in [3.05, 3.63) is 59.7 Å². The molecule has 1 aliphatic rings. The number of hydrogen-bond acceptors (Lipinski definition) is 4. The summed E-state index contributed by atoms with van der Waals surface area (Å²) in [5, 5.41) is 2.92. The van der Waals surface area contributed by atoms with Crippen LogP contribution in [0.5, 0.6) is 11.5 Å². The predicted octanol–water partition coefficient (Wildman–Crippen LogP) is 2.37. The molecule has 1 N–H and O–H groups in total. The van der Waals surface area contributed by atoms with Crippen LogP contribution in [-0.2, 0) is 22.7 Å². The summed E-state index contributed by atoms with van der Waals surface area (Å²) in [6, 6.07) is 15.2. The second-order valence-electron chi connectivity index (χ2n) is 6.59. The van der Waals surface area contributed by atoms with Crippen molar-refractivity contribution in [3.63, 3.8) is 0 Å². The number of methoxy groups -OCH3 is 2. The maximum absolute atomic E-state index is 12.5. The van der Waals surface area contributed by atoms with Crippen LogP contribution in [0.4, 0.5) is 0 Å². The molecular formula is C21H24N2O4. The molecule has 2 amide bonds. The fraction of sp³-hybridized carbons (Fsp3) is 0.333. The number of benzene rings is 2. The molecule has 6 nitrogen and oxygen atoms in total. The van der Waals surface area contributed by atoms with Crippen molar-refractivity contribution in [2.75, 3.05) is 20.8 Å². The molecule has 0 aliphatic carbocycles. The van der Waals surface area contributed by atoms with Gasteiger partial charge in [-0.2, -0.15) is 0 Å². The third kappa shape index (κ3) is 4.78. The van der Waals surface area contributed by atoms with Gasteiger partial charge >= 0.3 is 0 Å². The molecule has 1 heterocycles. The number of hydrogen-bond donors (Lipinski definition) is 1. The summed E-state index contributed by atoms with van der Waals surface area (Å²) in [5.41, 5.74) is 1.98. The van der Waals surface area contributed by atoms with Gasteiger partial charge in [-0.25, -0.2) is 0 Å². The van der Waals surface area contributed by atoms with Crippen LogP contribution in [0.2, 0.25) is 0 Å². The summed E-state index contributed by atoms with van der Waals surface area (Å²) >= 11 is 0. The van der Waals surface area contributed by atoms with Crippen LogP contribution >= 0.6 is 0 Å². The molecule has 1 fully saturated rings. The van der Waals surface area contributed by atoms with E-state index in [1.165, 1.54) is 0 Å². The van der Waals surface area contributed by atoms with Gasteiger partial charge in [-0.3, -0.25) is 9.59 Å². The molecule has 0 unspecified atom stereocenters. The van der Waals surface area contributed by atoms with Crippen LogP contribution in [0.1, 0.15) is 17.5 Å². The SMILES string of the molecule is COc1ccc(CN2C[C@@H](C(=O)NCc3cccc(OC)c3)CC2=O)cc1. The first-order valence-corrected chi connectivity index (χ1v) is 8.90. The molecule has 0 radical (unpaired) electrons. The first-order valence-electron chi connectivity index (χ1n) is 8.90. The number of nitrogens with one attached hydrogen (secondary N) is 1. The molecule has 1 aliphatic heterocycles. The van der Waals surface area contributed by atoms with Crippen molar-refractivity contribution >= 4 is 11.8 Å². The van der Waals surface area contributed by atoms with Crippen LogP contribution in [0.25, 0.3) is 0 Å². The van der Waals surface area contributed by atoms with Crippen LogP contribution in [0.15, 0.2) is 48.5 Å². The van der Waals surface area contributed by atoms with Gasteiger partial charge in [0.2, 0.25) is 11.8 Å². The quantitative estimate of drug-likeness (QED) is 0.815. The molecule has 0 aromatic heterocycles. The van der Waals surface area contributed by atoms with Crippen molar-refractivity contribution in [1.29, 1.82) is 0 Å². The largest absolute Gasteiger partial charge is 0.497 e. The van der Waals surface area contributed by atoms with Crippen LogP contribution in [-0.4, -0.2) is 37.5 Å². The van der Waals surface area contributed by atoms with Crippen LogP contribution in [0, 0.1) is 5.92 Å². The van der Waals surface area contributed by atoms with E-state index >= 15 is 0 Å². The lowest BCUT2D eigenvalue weighted by atomic mass is 10.1. The standard InChI is InChI=1S/C21H24N2O4/c1-26-18-8-6-15(7-9-18)13-23-14-17(11-20(23)24)21(25)22-12-16-4-3-5-19(10-16)27-2/h3-10,17H,11-14H2,1-2H3,(H,22,25)/t17-/m0/s1. The summed E-state index contributed by atoms with van der Waals surface area (Å²) < 4.78 is 10.3. The summed E-state index contributed by atoms with van der Waals surface area (Å²) in [4.78, 5) is 26.5. The van der Waals surface area contributed by atoms with Crippen molar-refractivity contribution in [2.24, 2.45) is 5.92 Å².